The number of aryl methyl sites for hydroxylation is 2. The van der Waals surface area contributed by atoms with Crippen molar-refractivity contribution >= 4 is 33.5 Å². The summed E-state index contributed by atoms with van der Waals surface area (Å²) in [7, 11) is -3.09. The minimum absolute atomic E-state index is 0.0252. The monoisotopic (exact) mass is 465 g/mol. The average molecular weight is 466 g/mol. The third-order valence-electron chi connectivity index (χ3n) is 6.64. The van der Waals surface area contributed by atoms with Gasteiger partial charge in [-0.05, 0) is 61.8 Å². The van der Waals surface area contributed by atoms with Crippen LogP contribution >= 0.6 is 11.8 Å². The number of nitrogens with zero attached hydrogens (tertiary/aromatic N) is 1. The van der Waals surface area contributed by atoms with E-state index in [0.29, 0.717) is 6.42 Å². The summed E-state index contributed by atoms with van der Waals surface area (Å²) in [6.45, 7) is -0.309. The van der Waals surface area contributed by atoms with Gasteiger partial charge < -0.3 is 9.64 Å². The highest BCUT2D eigenvalue weighted by atomic mass is 32.2. The largest absolute Gasteiger partial charge is 0.455 e. The van der Waals surface area contributed by atoms with E-state index in [1.165, 1.54) is 29.3 Å². The molecule has 31 heavy (non-hydrogen) atoms. The molecule has 170 valence electrons. The van der Waals surface area contributed by atoms with Crippen LogP contribution in [0.25, 0.3) is 0 Å². The van der Waals surface area contributed by atoms with Gasteiger partial charge >= 0.3 is 5.97 Å². The SMILES string of the molecule is O=C(CSc1ccc2c(c1)CCC2)OCC(=O)N(C1CCCCC1)C1CCS(=O)(=O)C1. The van der Waals surface area contributed by atoms with Crippen molar-refractivity contribution in [3.63, 3.8) is 0 Å². The summed E-state index contributed by atoms with van der Waals surface area (Å²) in [5.74, 6) is -0.359. The van der Waals surface area contributed by atoms with Crippen LogP contribution in [0.5, 0.6) is 0 Å². The molecule has 6 nitrogen and oxygen atoms in total. The van der Waals surface area contributed by atoms with Crippen LogP contribution in [-0.4, -0.2) is 61.1 Å². The van der Waals surface area contributed by atoms with Gasteiger partial charge in [-0.25, -0.2) is 8.42 Å². The van der Waals surface area contributed by atoms with Crippen LogP contribution in [0.1, 0.15) is 56.1 Å². The van der Waals surface area contributed by atoms with Crippen LogP contribution < -0.4 is 0 Å². The topological polar surface area (TPSA) is 80.8 Å². The Kier molecular flexibility index (Phi) is 7.26. The number of hydrogen-bond donors (Lipinski definition) is 0. The number of fused-ring (bicyclic) bond motifs is 1. The smallest absolute Gasteiger partial charge is 0.316 e. The van der Waals surface area contributed by atoms with Gasteiger partial charge in [0.15, 0.2) is 16.4 Å². The van der Waals surface area contributed by atoms with E-state index in [0.717, 1.165) is 49.8 Å². The maximum absolute atomic E-state index is 13.0. The number of esters is 1. The number of rotatable bonds is 7. The number of benzene rings is 1. The van der Waals surface area contributed by atoms with E-state index < -0.39 is 15.8 Å². The molecule has 1 aromatic carbocycles. The Morgan fingerprint density at radius 1 is 1.00 bits per heavy atom. The molecule has 1 aliphatic heterocycles. The highest BCUT2D eigenvalue weighted by Crippen LogP contribution is 2.29. The molecule has 0 N–H and O–H groups in total. The first-order chi connectivity index (χ1) is 14.9. The lowest BCUT2D eigenvalue weighted by molar-refractivity contribution is -0.152. The van der Waals surface area contributed by atoms with Crippen molar-refractivity contribution in [3.8, 4) is 0 Å². The summed E-state index contributed by atoms with van der Waals surface area (Å²) in [5, 5.41) is 0. The number of carbonyl (C=O) groups excluding carboxylic acids is 2. The molecule has 2 aliphatic carbocycles. The third kappa shape index (κ3) is 5.83. The van der Waals surface area contributed by atoms with Crippen molar-refractivity contribution in [2.24, 2.45) is 0 Å². The molecule has 0 radical (unpaired) electrons. The van der Waals surface area contributed by atoms with Gasteiger partial charge in [0, 0.05) is 17.0 Å². The zero-order chi connectivity index (χ0) is 21.8. The van der Waals surface area contributed by atoms with E-state index in [1.807, 2.05) is 6.07 Å². The van der Waals surface area contributed by atoms with Crippen LogP contribution in [0, 0.1) is 0 Å². The summed E-state index contributed by atoms with van der Waals surface area (Å²) in [6.07, 6.45) is 8.92. The van der Waals surface area contributed by atoms with Gasteiger partial charge in [-0.15, -0.1) is 11.8 Å². The Labute approximate surface area is 189 Å². The predicted molar refractivity (Wildman–Crippen MR) is 121 cm³/mol. The lowest BCUT2D eigenvalue weighted by atomic mass is 9.93. The van der Waals surface area contributed by atoms with Crippen molar-refractivity contribution in [2.75, 3.05) is 23.9 Å². The van der Waals surface area contributed by atoms with Crippen LogP contribution in [0.2, 0.25) is 0 Å². The molecule has 4 rings (SSSR count). The van der Waals surface area contributed by atoms with Gasteiger partial charge in [-0.3, -0.25) is 9.59 Å². The summed E-state index contributed by atoms with van der Waals surface area (Å²) in [4.78, 5) is 28.0. The van der Waals surface area contributed by atoms with E-state index >= 15 is 0 Å². The van der Waals surface area contributed by atoms with E-state index in [-0.39, 0.29) is 41.9 Å². The summed E-state index contributed by atoms with van der Waals surface area (Å²) < 4.78 is 29.3. The first kappa shape index (κ1) is 22.6. The van der Waals surface area contributed by atoms with Gasteiger partial charge in [0.25, 0.3) is 5.91 Å². The van der Waals surface area contributed by atoms with Gasteiger partial charge in [-0.1, -0.05) is 25.3 Å². The first-order valence-electron chi connectivity index (χ1n) is 11.3. The van der Waals surface area contributed by atoms with Crippen molar-refractivity contribution in [3.05, 3.63) is 29.3 Å². The highest BCUT2D eigenvalue weighted by Gasteiger charge is 2.38. The van der Waals surface area contributed by atoms with E-state index in [4.69, 9.17) is 4.74 Å². The predicted octanol–water partition coefficient (Wildman–Crippen LogP) is 3.16. The minimum atomic E-state index is -3.09. The van der Waals surface area contributed by atoms with Crippen LogP contribution in [0.3, 0.4) is 0 Å². The van der Waals surface area contributed by atoms with Crippen molar-refractivity contribution in [1.82, 2.24) is 4.90 Å². The molecular formula is C23H31NO5S2. The zero-order valence-corrected chi connectivity index (χ0v) is 19.5. The van der Waals surface area contributed by atoms with Gasteiger partial charge in [-0.2, -0.15) is 0 Å². The lowest BCUT2D eigenvalue weighted by Crippen LogP contribution is -2.50. The second-order valence-electron chi connectivity index (χ2n) is 8.88. The molecule has 0 bridgehead atoms. The molecule has 8 heteroatoms. The number of hydrogen-bond acceptors (Lipinski definition) is 6. The number of ether oxygens (including phenoxy) is 1. The number of thioether (sulfide) groups is 1. The molecule has 1 unspecified atom stereocenters. The Morgan fingerprint density at radius 3 is 2.52 bits per heavy atom. The molecule has 1 atom stereocenters. The Balaban J connectivity index is 1.31. The fraction of sp³-hybridized carbons (Fsp3) is 0.652. The van der Waals surface area contributed by atoms with Gasteiger partial charge in [0.05, 0.1) is 17.3 Å². The molecule has 1 amide bonds. The second-order valence-corrected chi connectivity index (χ2v) is 12.2. The van der Waals surface area contributed by atoms with Crippen LogP contribution in [0.15, 0.2) is 23.1 Å². The number of amides is 1. The Morgan fingerprint density at radius 2 is 1.77 bits per heavy atom. The molecule has 1 heterocycles. The minimum Gasteiger partial charge on any atom is -0.455 e. The summed E-state index contributed by atoms with van der Waals surface area (Å²) in [5.41, 5.74) is 2.76. The van der Waals surface area contributed by atoms with Crippen molar-refractivity contribution < 1.29 is 22.7 Å². The van der Waals surface area contributed by atoms with Gasteiger partial charge in [0.1, 0.15) is 0 Å². The summed E-state index contributed by atoms with van der Waals surface area (Å²) in [6, 6.07) is 6.09. The first-order valence-corrected chi connectivity index (χ1v) is 14.1. The number of sulfone groups is 1. The highest BCUT2D eigenvalue weighted by molar-refractivity contribution is 8.00. The summed E-state index contributed by atoms with van der Waals surface area (Å²) >= 11 is 1.43. The van der Waals surface area contributed by atoms with Crippen LogP contribution in [-0.2, 0) is 37.0 Å². The molecule has 1 saturated carbocycles. The quantitative estimate of drug-likeness (QED) is 0.455. The normalized spacial score (nSPS) is 22.8. The standard InChI is InChI=1S/C23H31NO5S2/c25-22(24(19-7-2-1-3-8-19)20-11-12-31(27,28)16-20)14-29-23(26)15-30-21-10-9-17-5-4-6-18(17)13-21/h9-10,13,19-20H,1-8,11-12,14-16H2. The molecule has 3 aliphatic rings. The Bertz CT molecular complexity index is 924. The van der Waals surface area contributed by atoms with Gasteiger partial charge in [0.2, 0.25) is 0 Å². The Hall–Kier alpha value is -1.54. The van der Waals surface area contributed by atoms with Crippen molar-refractivity contribution in [2.45, 2.75) is 74.8 Å². The molecule has 0 spiro atoms. The third-order valence-corrected chi connectivity index (χ3v) is 9.36. The molecule has 0 aromatic heterocycles. The van der Waals surface area contributed by atoms with E-state index in [2.05, 4.69) is 12.1 Å². The molecular weight excluding hydrogens is 434 g/mol. The van der Waals surface area contributed by atoms with Crippen LogP contribution in [0.4, 0.5) is 0 Å². The maximum atomic E-state index is 13.0. The van der Waals surface area contributed by atoms with E-state index in [9.17, 15) is 18.0 Å². The molecule has 2 fully saturated rings. The average Bonchev–Trinajstić information content (AvgIpc) is 3.37. The molecule has 1 aromatic rings. The maximum Gasteiger partial charge on any atom is 0.316 e. The fourth-order valence-electron chi connectivity index (χ4n) is 5.10. The fourth-order valence-corrected chi connectivity index (χ4v) is 7.57. The number of carbonyl (C=O) groups is 2. The zero-order valence-electron chi connectivity index (χ0n) is 17.9. The van der Waals surface area contributed by atoms with E-state index in [1.54, 1.807) is 4.90 Å². The van der Waals surface area contributed by atoms with Crippen molar-refractivity contribution in [1.29, 1.82) is 0 Å². The molecule has 1 saturated heterocycles. The second kappa shape index (κ2) is 9.94. The lowest BCUT2D eigenvalue weighted by Gasteiger charge is -2.38.